The van der Waals surface area contributed by atoms with Crippen LogP contribution in [-0.4, -0.2) is 38.5 Å². The summed E-state index contributed by atoms with van der Waals surface area (Å²) in [6, 6.07) is 18.0. The van der Waals surface area contributed by atoms with Crippen molar-refractivity contribution in [2.24, 2.45) is 0 Å². The van der Waals surface area contributed by atoms with E-state index in [1.54, 1.807) is 42.5 Å². The monoisotopic (exact) mass is 460 g/mol. The number of carbonyl (C=O) groups excluding carboxylic acids is 3. The lowest BCUT2D eigenvalue weighted by molar-refractivity contribution is -0.139. The summed E-state index contributed by atoms with van der Waals surface area (Å²) in [5.74, 6) is -1.29. The quantitative estimate of drug-likeness (QED) is 0.421. The van der Waals surface area contributed by atoms with Gasteiger partial charge in [0, 0.05) is 23.6 Å². The molecule has 2 N–H and O–H groups in total. The number of hydrogen-bond acceptors (Lipinski definition) is 5. The molecule has 0 bridgehead atoms. The number of benzene rings is 3. The molecule has 0 radical (unpaired) electrons. The predicted molar refractivity (Wildman–Crippen MR) is 125 cm³/mol. The molecule has 0 saturated carbocycles. The lowest BCUT2D eigenvalue weighted by Crippen LogP contribution is -2.30. The van der Waals surface area contributed by atoms with Crippen molar-refractivity contribution >= 4 is 28.8 Å². The zero-order valence-corrected chi connectivity index (χ0v) is 18.5. The van der Waals surface area contributed by atoms with Gasteiger partial charge in [-0.2, -0.15) is 0 Å². The van der Waals surface area contributed by atoms with Gasteiger partial charge in [0.1, 0.15) is 23.7 Å². The van der Waals surface area contributed by atoms with Crippen molar-refractivity contribution in [1.82, 2.24) is 10.6 Å². The first-order chi connectivity index (χ1) is 16.4. The number of rotatable bonds is 6. The van der Waals surface area contributed by atoms with Crippen molar-refractivity contribution < 1.29 is 27.9 Å². The Morgan fingerprint density at radius 3 is 2.18 bits per heavy atom. The van der Waals surface area contributed by atoms with Crippen LogP contribution in [0, 0.1) is 5.82 Å². The molecule has 1 aromatic heterocycles. The summed E-state index contributed by atoms with van der Waals surface area (Å²) < 4.78 is 23.9. The maximum atomic E-state index is 13.4. The van der Waals surface area contributed by atoms with Crippen molar-refractivity contribution in [3.63, 3.8) is 0 Å². The van der Waals surface area contributed by atoms with Crippen molar-refractivity contribution in [2.75, 3.05) is 20.7 Å². The Kier molecular flexibility index (Phi) is 6.40. The highest BCUT2D eigenvalue weighted by Gasteiger charge is 2.22. The average molecular weight is 460 g/mol. The number of carbonyl (C=O) groups is 3. The molecule has 0 aliphatic carbocycles. The van der Waals surface area contributed by atoms with Gasteiger partial charge in [0.2, 0.25) is 0 Å². The van der Waals surface area contributed by atoms with E-state index >= 15 is 0 Å². The largest absolute Gasteiger partial charge is 0.468 e. The number of amides is 2. The highest BCUT2D eigenvalue weighted by Crippen LogP contribution is 2.36. The SMILES string of the molecule is CNC(=O)c1c(-c2ccc(F)cc2)oc2ccc(-c3ccc(C(=O)NCC(=O)OC)cc3)cc12. The van der Waals surface area contributed by atoms with E-state index in [0.29, 0.717) is 33.4 Å². The molecule has 0 saturated heterocycles. The van der Waals surface area contributed by atoms with Crippen LogP contribution in [0.25, 0.3) is 33.4 Å². The van der Waals surface area contributed by atoms with Gasteiger partial charge in [0.25, 0.3) is 11.8 Å². The van der Waals surface area contributed by atoms with Gasteiger partial charge in [-0.15, -0.1) is 0 Å². The summed E-state index contributed by atoms with van der Waals surface area (Å²) in [5, 5.41) is 5.73. The fraction of sp³-hybridized carbons (Fsp3) is 0.115. The minimum atomic E-state index is -0.537. The zero-order valence-electron chi connectivity index (χ0n) is 18.5. The normalized spacial score (nSPS) is 10.7. The Balaban J connectivity index is 1.69. The molecule has 4 rings (SSSR count). The molecule has 1 heterocycles. The Bertz CT molecular complexity index is 1380. The Labute approximate surface area is 194 Å². The fourth-order valence-electron chi connectivity index (χ4n) is 3.57. The highest BCUT2D eigenvalue weighted by molar-refractivity contribution is 6.11. The molecule has 0 aliphatic rings. The number of hydrogen-bond donors (Lipinski definition) is 2. The molecular formula is C26H21FN2O5. The number of furan rings is 1. The van der Waals surface area contributed by atoms with Crippen LogP contribution >= 0.6 is 0 Å². The molecule has 7 nitrogen and oxygen atoms in total. The van der Waals surface area contributed by atoms with Gasteiger partial charge in [-0.05, 0) is 59.7 Å². The molecule has 0 aliphatic heterocycles. The predicted octanol–water partition coefficient (Wildman–Crippen LogP) is 4.17. The lowest BCUT2D eigenvalue weighted by atomic mass is 9.99. The summed E-state index contributed by atoms with van der Waals surface area (Å²) >= 11 is 0. The van der Waals surface area contributed by atoms with Gasteiger partial charge in [-0.25, -0.2) is 4.39 Å². The van der Waals surface area contributed by atoms with Crippen molar-refractivity contribution in [3.05, 3.63) is 83.7 Å². The third-order valence-electron chi connectivity index (χ3n) is 5.35. The van der Waals surface area contributed by atoms with Crippen LogP contribution in [0.4, 0.5) is 4.39 Å². The van der Waals surface area contributed by atoms with Crippen LogP contribution in [-0.2, 0) is 9.53 Å². The summed E-state index contributed by atoms with van der Waals surface area (Å²) in [4.78, 5) is 36.1. The number of nitrogens with one attached hydrogen (secondary N) is 2. The summed E-state index contributed by atoms with van der Waals surface area (Å²) in [7, 11) is 2.78. The van der Waals surface area contributed by atoms with Gasteiger partial charge >= 0.3 is 5.97 Å². The van der Waals surface area contributed by atoms with E-state index in [2.05, 4.69) is 15.4 Å². The number of methoxy groups -OCH3 is 1. The Hall–Kier alpha value is -4.46. The Morgan fingerprint density at radius 1 is 0.882 bits per heavy atom. The van der Waals surface area contributed by atoms with Crippen molar-refractivity contribution in [3.8, 4) is 22.5 Å². The second kappa shape index (κ2) is 9.58. The second-order valence-corrected chi connectivity index (χ2v) is 7.44. The molecule has 0 unspecified atom stereocenters. The van der Waals surface area contributed by atoms with Crippen LogP contribution < -0.4 is 10.6 Å². The third-order valence-corrected chi connectivity index (χ3v) is 5.35. The van der Waals surface area contributed by atoms with E-state index in [1.165, 1.54) is 26.3 Å². The number of halogens is 1. The van der Waals surface area contributed by atoms with Gasteiger partial charge in [-0.1, -0.05) is 18.2 Å². The highest BCUT2D eigenvalue weighted by atomic mass is 19.1. The zero-order chi connectivity index (χ0) is 24.2. The van der Waals surface area contributed by atoms with Crippen LogP contribution in [0.3, 0.4) is 0 Å². The second-order valence-electron chi connectivity index (χ2n) is 7.44. The van der Waals surface area contributed by atoms with E-state index in [9.17, 15) is 18.8 Å². The molecule has 0 spiro atoms. The topological polar surface area (TPSA) is 97.6 Å². The van der Waals surface area contributed by atoms with Crippen LogP contribution in [0.1, 0.15) is 20.7 Å². The van der Waals surface area contributed by atoms with Gasteiger partial charge in [0.15, 0.2) is 0 Å². The lowest BCUT2D eigenvalue weighted by Gasteiger charge is -2.06. The number of fused-ring (bicyclic) bond motifs is 1. The molecule has 3 aromatic carbocycles. The average Bonchev–Trinajstić information content (AvgIpc) is 3.25. The molecule has 2 amide bonds. The summed E-state index contributed by atoms with van der Waals surface area (Å²) in [6.07, 6.45) is 0. The molecule has 0 atom stereocenters. The Morgan fingerprint density at radius 2 is 1.53 bits per heavy atom. The van der Waals surface area contributed by atoms with E-state index < -0.39 is 11.9 Å². The first kappa shape index (κ1) is 22.7. The smallest absolute Gasteiger partial charge is 0.325 e. The van der Waals surface area contributed by atoms with Gasteiger partial charge < -0.3 is 19.8 Å². The maximum absolute atomic E-state index is 13.4. The first-order valence-electron chi connectivity index (χ1n) is 10.4. The molecule has 8 heteroatoms. The summed E-state index contributed by atoms with van der Waals surface area (Å²) in [6.45, 7) is -0.215. The fourth-order valence-corrected chi connectivity index (χ4v) is 3.57. The van der Waals surface area contributed by atoms with E-state index in [1.807, 2.05) is 12.1 Å². The third kappa shape index (κ3) is 4.52. The van der Waals surface area contributed by atoms with Crippen LogP contribution in [0.5, 0.6) is 0 Å². The van der Waals surface area contributed by atoms with Crippen molar-refractivity contribution in [2.45, 2.75) is 0 Å². The number of esters is 1. The summed E-state index contributed by atoms with van der Waals surface area (Å²) in [5.41, 5.74) is 3.47. The molecule has 172 valence electrons. The first-order valence-corrected chi connectivity index (χ1v) is 10.4. The van der Waals surface area contributed by atoms with Gasteiger partial charge in [-0.3, -0.25) is 14.4 Å². The van der Waals surface area contributed by atoms with E-state index in [-0.39, 0.29) is 18.3 Å². The number of ether oxygens (including phenoxy) is 1. The van der Waals surface area contributed by atoms with Gasteiger partial charge in [0.05, 0.1) is 12.7 Å². The minimum Gasteiger partial charge on any atom is -0.468 e. The molecule has 34 heavy (non-hydrogen) atoms. The maximum Gasteiger partial charge on any atom is 0.325 e. The van der Waals surface area contributed by atoms with Crippen LogP contribution in [0.2, 0.25) is 0 Å². The molecule has 0 fully saturated rings. The standard InChI is InChI=1S/C26H21FN2O5/c1-28-26(32)23-20-13-18(9-12-21(20)34-24(23)16-7-10-19(27)11-8-16)15-3-5-17(6-4-15)25(31)29-14-22(30)33-2/h3-13H,14H2,1-2H3,(H,28,32)(H,29,31). The van der Waals surface area contributed by atoms with Crippen molar-refractivity contribution in [1.29, 1.82) is 0 Å². The van der Waals surface area contributed by atoms with E-state index in [0.717, 1.165) is 11.1 Å². The molecular weight excluding hydrogens is 439 g/mol. The van der Waals surface area contributed by atoms with E-state index in [4.69, 9.17) is 4.42 Å². The minimum absolute atomic E-state index is 0.215. The molecule has 4 aromatic rings. The van der Waals surface area contributed by atoms with Crippen LogP contribution in [0.15, 0.2) is 71.1 Å².